The minimum absolute atomic E-state index is 0.308. The van der Waals surface area contributed by atoms with E-state index >= 15 is 0 Å². The molecule has 0 atom stereocenters. The second-order valence-corrected chi connectivity index (χ2v) is 7.13. The quantitative estimate of drug-likeness (QED) is 0.733. The molecule has 0 unspecified atom stereocenters. The monoisotopic (exact) mass is 331 g/mol. The Kier molecular flexibility index (Phi) is 3.56. The maximum absolute atomic E-state index is 5.21. The summed E-state index contributed by atoms with van der Waals surface area (Å²) in [6.45, 7) is 4.32. The molecule has 2 aromatic carbocycles. The molecule has 0 saturated carbocycles. The van der Waals surface area contributed by atoms with E-state index in [1.54, 1.807) is 7.11 Å². The average molecular weight is 330 g/mol. The van der Waals surface area contributed by atoms with Crippen LogP contribution < -0.4 is 13.7 Å². The molecule has 0 saturated heterocycles. The predicted octanol–water partition coefficient (Wildman–Crippen LogP) is 2.45. The molecule has 3 rings (SSSR count). The van der Waals surface area contributed by atoms with E-state index in [-0.39, 0.29) is 0 Å². The summed E-state index contributed by atoms with van der Waals surface area (Å²) in [4.78, 5) is 3.53. The van der Waals surface area contributed by atoms with E-state index in [0.29, 0.717) is 15.0 Å². The first-order valence-electron chi connectivity index (χ1n) is 6.59. The van der Waals surface area contributed by atoms with Crippen LogP contribution in [0.25, 0.3) is 10.9 Å². The van der Waals surface area contributed by atoms with Crippen LogP contribution in [0.1, 0.15) is 11.3 Å². The molecular weight excluding hydrogens is 313 g/mol. The molecule has 0 aliphatic rings. The van der Waals surface area contributed by atoms with Gasteiger partial charge in [-0.05, 0) is 0 Å². The van der Waals surface area contributed by atoms with E-state index in [0.717, 1.165) is 5.75 Å². The molecule has 20 heavy (non-hydrogen) atoms. The van der Waals surface area contributed by atoms with Crippen molar-refractivity contribution >= 4 is 34.8 Å². The Morgan fingerprint density at radius 2 is 1.75 bits per heavy atom. The van der Waals surface area contributed by atoms with Crippen LogP contribution in [-0.4, -0.2) is 27.1 Å². The van der Waals surface area contributed by atoms with Crippen molar-refractivity contribution in [3.05, 3.63) is 53.7 Å². The maximum atomic E-state index is 5.21. The van der Waals surface area contributed by atoms with Crippen molar-refractivity contribution in [1.29, 1.82) is 0 Å². The summed E-state index contributed by atoms with van der Waals surface area (Å²) in [5.74, 6) is 0.913. The minimum atomic E-state index is 0.308. The van der Waals surface area contributed by atoms with E-state index in [2.05, 4.69) is 49.2 Å². The van der Waals surface area contributed by atoms with Crippen LogP contribution in [0.3, 0.4) is 0 Å². The first-order valence-corrected chi connectivity index (χ1v) is 8.30. The van der Waals surface area contributed by atoms with Gasteiger partial charge < -0.3 is 0 Å². The molecule has 0 aliphatic heterocycles. The zero-order valence-corrected chi connectivity index (χ0v) is 13.6. The fraction of sp³-hybridized carbons (Fsp3) is 0.176. The van der Waals surface area contributed by atoms with Crippen molar-refractivity contribution < 1.29 is 4.74 Å². The van der Waals surface area contributed by atoms with Gasteiger partial charge in [-0.25, -0.2) is 0 Å². The summed E-state index contributed by atoms with van der Waals surface area (Å²) in [6.07, 6.45) is 0. The second kappa shape index (κ2) is 5.35. The first-order chi connectivity index (χ1) is 9.69. The van der Waals surface area contributed by atoms with Gasteiger partial charge >= 0.3 is 125 Å². The van der Waals surface area contributed by atoms with Crippen molar-refractivity contribution in [3.8, 4) is 5.75 Å². The number of aryl methyl sites for hydroxylation is 2. The molecule has 1 heterocycles. The van der Waals surface area contributed by atoms with Crippen LogP contribution in [0.4, 0.5) is 0 Å². The number of nitrogens with one attached hydrogen (secondary N) is 1. The Labute approximate surface area is 125 Å². The number of fused-ring (bicyclic) bond motifs is 1. The van der Waals surface area contributed by atoms with Crippen LogP contribution in [0.2, 0.25) is 0 Å². The van der Waals surface area contributed by atoms with E-state index in [9.17, 15) is 0 Å². The molecular formula is C17H17NOSe. The average Bonchev–Trinajstić information content (AvgIpc) is 2.78. The Hall–Kier alpha value is -1.70. The molecule has 1 N–H and O–H groups in total. The Balaban J connectivity index is 2.01. The fourth-order valence-electron chi connectivity index (χ4n) is 2.36. The second-order valence-electron chi connectivity index (χ2n) is 4.85. The molecule has 0 radical (unpaired) electrons. The predicted molar refractivity (Wildman–Crippen MR) is 85.8 cm³/mol. The molecule has 0 amide bonds. The van der Waals surface area contributed by atoms with Crippen LogP contribution in [0.15, 0.2) is 42.5 Å². The van der Waals surface area contributed by atoms with Gasteiger partial charge in [0.25, 0.3) is 0 Å². The normalized spacial score (nSPS) is 10.9. The summed E-state index contributed by atoms with van der Waals surface area (Å²) in [5, 5.41) is 1.36. The Morgan fingerprint density at radius 3 is 2.45 bits per heavy atom. The summed E-state index contributed by atoms with van der Waals surface area (Å²) in [7, 11) is 1.70. The molecule has 102 valence electrons. The first kappa shape index (κ1) is 13.3. The summed E-state index contributed by atoms with van der Waals surface area (Å²) >= 11 is 0.308. The van der Waals surface area contributed by atoms with Crippen molar-refractivity contribution in [1.82, 2.24) is 4.98 Å². The molecule has 0 bridgehead atoms. The Morgan fingerprint density at radius 1 is 1.00 bits per heavy atom. The van der Waals surface area contributed by atoms with E-state index in [1.165, 1.54) is 31.1 Å². The molecule has 3 heteroatoms. The number of hydrogen-bond donors (Lipinski definition) is 1. The van der Waals surface area contributed by atoms with Crippen molar-refractivity contribution in [3.63, 3.8) is 0 Å². The number of aromatic amines is 1. The number of aromatic nitrogens is 1. The number of benzene rings is 2. The third kappa shape index (κ3) is 2.35. The standard InChI is InChI=1S/C17H17NOSe/c1-11-5-4-6-15-16(11)18-12(2)17(15)20-14-9-7-13(19-3)8-10-14/h4-10,18H,1-3H3. The number of para-hydroxylation sites is 1. The van der Waals surface area contributed by atoms with Gasteiger partial charge in [0.1, 0.15) is 0 Å². The topological polar surface area (TPSA) is 25.0 Å². The number of H-pyrrole nitrogens is 1. The molecule has 3 aromatic rings. The number of methoxy groups -OCH3 is 1. The van der Waals surface area contributed by atoms with Crippen molar-refractivity contribution in [2.45, 2.75) is 13.8 Å². The molecule has 0 fully saturated rings. The zero-order valence-electron chi connectivity index (χ0n) is 11.9. The van der Waals surface area contributed by atoms with Gasteiger partial charge in [0.15, 0.2) is 0 Å². The third-order valence-electron chi connectivity index (χ3n) is 3.45. The van der Waals surface area contributed by atoms with Gasteiger partial charge in [0.2, 0.25) is 0 Å². The van der Waals surface area contributed by atoms with Crippen LogP contribution >= 0.6 is 0 Å². The summed E-state index contributed by atoms with van der Waals surface area (Å²) in [5.41, 5.74) is 3.86. The van der Waals surface area contributed by atoms with Gasteiger partial charge in [-0.2, -0.15) is 0 Å². The molecule has 0 spiro atoms. The van der Waals surface area contributed by atoms with Gasteiger partial charge in [0.05, 0.1) is 0 Å². The number of rotatable bonds is 3. The van der Waals surface area contributed by atoms with E-state index in [4.69, 9.17) is 4.74 Å². The van der Waals surface area contributed by atoms with Gasteiger partial charge in [-0.3, -0.25) is 0 Å². The van der Waals surface area contributed by atoms with Gasteiger partial charge in [0, 0.05) is 0 Å². The van der Waals surface area contributed by atoms with Gasteiger partial charge in [-0.1, -0.05) is 0 Å². The van der Waals surface area contributed by atoms with Crippen molar-refractivity contribution in [2.75, 3.05) is 7.11 Å². The summed E-state index contributed by atoms with van der Waals surface area (Å²) < 4.78 is 8.03. The van der Waals surface area contributed by atoms with Crippen molar-refractivity contribution in [2.24, 2.45) is 0 Å². The number of ether oxygens (including phenoxy) is 1. The van der Waals surface area contributed by atoms with Crippen LogP contribution in [-0.2, 0) is 0 Å². The van der Waals surface area contributed by atoms with E-state index < -0.39 is 0 Å². The number of hydrogen-bond acceptors (Lipinski definition) is 1. The SMILES string of the molecule is COc1ccc([Se]c2c(C)[nH]c3c(C)cccc23)cc1. The third-order valence-corrected chi connectivity index (χ3v) is 6.05. The zero-order chi connectivity index (χ0) is 14.1. The van der Waals surface area contributed by atoms with Crippen LogP contribution in [0.5, 0.6) is 5.75 Å². The fourth-order valence-corrected chi connectivity index (χ4v) is 4.44. The molecule has 1 aromatic heterocycles. The van der Waals surface area contributed by atoms with Gasteiger partial charge in [-0.15, -0.1) is 0 Å². The summed E-state index contributed by atoms with van der Waals surface area (Å²) in [6, 6.07) is 14.9. The van der Waals surface area contributed by atoms with Crippen LogP contribution in [0, 0.1) is 13.8 Å². The van der Waals surface area contributed by atoms with E-state index in [1.807, 2.05) is 12.1 Å². The Bertz CT molecular complexity index is 744. The molecule has 0 aliphatic carbocycles. The molecule has 2 nitrogen and oxygen atoms in total.